The Morgan fingerprint density at radius 1 is 1.15 bits per heavy atom. The number of hydrogen-bond acceptors (Lipinski definition) is 8. The summed E-state index contributed by atoms with van der Waals surface area (Å²) in [5.74, 6) is 0.708. The lowest BCUT2D eigenvalue weighted by Crippen LogP contribution is -2.39. The van der Waals surface area contributed by atoms with E-state index in [1.54, 1.807) is 11.3 Å². The predicted molar refractivity (Wildman–Crippen MR) is 132 cm³/mol. The van der Waals surface area contributed by atoms with Gasteiger partial charge >= 0.3 is 0 Å². The zero-order valence-corrected chi connectivity index (χ0v) is 20.4. The van der Waals surface area contributed by atoms with E-state index in [0.29, 0.717) is 23.8 Å². The first-order valence-corrected chi connectivity index (χ1v) is 13.0. The molecule has 0 radical (unpaired) electrons. The zero-order chi connectivity index (χ0) is 22.8. The van der Waals surface area contributed by atoms with E-state index in [2.05, 4.69) is 35.1 Å². The van der Waals surface area contributed by atoms with Gasteiger partial charge in [-0.2, -0.15) is 0 Å². The molecule has 1 aliphatic heterocycles. The van der Waals surface area contributed by atoms with Crippen molar-refractivity contribution in [1.82, 2.24) is 24.8 Å². The number of aliphatic hydroxyl groups excluding tert-OH is 1. The van der Waals surface area contributed by atoms with Gasteiger partial charge in [-0.15, -0.1) is 0 Å². The fraction of sp³-hybridized carbons (Fsp3) is 0.600. The number of rotatable bonds is 6. The Hall–Kier alpha value is -2.16. The normalized spacial score (nSPS) is 23.6. The molecule has 2 aliphatic rings. The standard InChI is InChI=1S/C25H34N6OS/c1-25(2)10-4-12-31(16-25)15-19-13-18(14-22-30-21-5-3-11-26-23(21)33-22)28-24(29-19)27-17-6-8-20(32)9-7-17/h3,5,11,13,17,20,32H,4,6-10,12,14-16H2,1-2H3,(H,27,28,29). The molecule has 4 heterocycles. The number of nitrogens with zero attached hydrogens (tertiary/aromatic N) is 5. The monoisotopic (exact) mass is 466 g/mol. The highest BCUT2D eigenvalue weighted by atomic mass is 32.1. The van der Waals surface area contributed by atoms with Gasteiger partial charge in [0.15, 0.2) is 0 Å². The van der Waals surface area contributed by atoms with Gasteiger partial charge in [0.25, 0.3) is 0 Å². The molecule has 0 unspecified atom stereocenters. The minimum atomic E-state index is -0.166. The molecule has 1 aliphatic carbocycles. The van der Waals surface area contributed by atoms with Crippen LogP contribution >= 0.6 is 11.3 Å². The molecule has 1 saturated carbocycles. The van der Waals surface area contributed by atoms with Gasteiger partial charge in [-0.05, 0) is 68.7 Å². The molecule has 0 bridgehead atoms. The van der Waals surface area contributed by atoms with Crippen LogP contribution in [0.1, 0.15) is 68.8 Å². The molecule has 33 heavy (non-hydrogen) atoms. The van der Waals surface area contributed by atoms with Crippen LogP contribution in [0.2, 0.25) is 0 Å². The van der Waals surface area contributed by atoms with Crippen molar-refractivity contribution in [3.05, 3.63) is 40.8 Å². The average Bonchev–Trinajstić information content (AvgIpc) is 3.17. The molecule has 0 aromatic carbocycles. The number of thiazole rings is 1. The maximum atomic E-state index is 9.85. The molecule has 5 rings (SSSR count). The van der Waals surface area contributed by atoms with Crippen LogP contribution in [0.25, 0.3) is 10.3 Å². The number of fused-ring (bicyclic) bond motifs is 1. The SMILES string of the molecule is CC1(C)CCCN(Cc2cc(Cc3nc4cccnc4s3)nc(NC3CCC(O)CC3)n2)C1. The van der Waals surface area contributed by atoms with Crippen LogP contribution in [0.4, 0.5) is 5.95 Å². The Kier molecular flexibility index (Phi) is 6.58. The van der Waals surface area contributed by atoms with Crippen molar-refractivity contribution in [3.8, 4) is 0 Å². The van der Waals surface area contributed by atoms with Crippen LogP contribution in [0.5, 0.6) is 0 Å². The lowest BCUT2D eigenvalue weighted by molar-refractivity contribution is 0.110. The van der Waals surface area contributed by atoms with Gasteiger partial charge in [0, 0.05) is 31.7 Å². The number of aromatic nitrogens is 4. The summed E-state index contributed by atoms with van der Waals surface area (Å²) in [5.41, 5.74) is 3.36. The van der Waals surface area contributed by atoms with Crippen molar-refractivity contribution < 1.29 is 5.11 Å². The summed E-state index contributed by atoms with van der Waals surface area (Å²) >= 11 is 1.63. The molecule has 3 aromatic heterocycles. The van der Waals surface area contributed by atoms with Gasteiger partial charge in [0.2, 0.25) is 5.95 Å². The minimum absolute atomic E-state index is 0.166. The molecule has 7 nitrogen and oxygen atoms in total. The van der Waals surface area contributed by atoms with Crippen molar-refractivity contribution in [1.29, 1.82) is 0 Å². The van der Waals surface area contributed by atoms with Crippen molar-refractivity contribution in [3.63, 3.8) is 0 Å². The topological polar surface area (TPSA) is 87.1 Å². The van der Waals surface area contributed by atoms with E-state index in [9.17, 15) is 5.11 Å². The Bertz CT molecular complexity index is 1060. The summed E-state index contributed by atoms with van der Waals surface area (Å²) in [6, 6.07) is 6.41. The summed E-state index contributed by atoms with van der Waals surface area (Å²) in [5, 5.41) is 14.4. The van der Waals surface area contributed by atoms with Gasteiger partial charge < -0.3 is 10.4 Å². The smallest absolute Gasteiger partial charge is 0.223 e. The number of hydrogen-bond donors (Lipinski definition) is 2. The molecule has 176 valence electrons. The summed E-state index contributed by atoms with van der Waals surface area (Å²) in [6.45, 7) is 7.78. The summed E-state index contributed by atoms with van der Waals surface area (Å²) < 4.78 is 0. The molecule has 8 heteroatoms. The molecular weight excluding hydrogens is 432 g/mol. The number of piperidine rings is 1. The molecule has 0 spiro atoms. The highest BCUT2D eigenvalue weighted by Crippen LogP contribution is 2.30. The molecule has 2 fully saturated rings. The van der Waals surface area contributed by atoms with Crippen LogP contribution in [-0.2, 0) is 13.0 Å². The third-order valence-electron chi connectivity index (χ3n) is 6.77. The molecule has 1 saturated heterocycles. The summed E-state index contributed by atoms with van der Waals surface area (Å²) in [7, 11) is 0. The first kappa shape index (κ1) is 22.6. The van der Waals surface area contributed by atoms with Gasteiger partial charge in [-0.25, -0.2) is 19.9 Å². The fourth-order valence-corrected chi connectivity index (χ4v) is 6.07. The third-order valence-corrected chi connectivity index (χ3v) is 7.75. The lowest BCUT2D eigenvalue weighted by atomic mass is 9.84. The summed E-state index contributed by atoms with van der Waals surface area (Å²) in [6.07, 6.45) is 8.43. The summed E-state index contributed by atoms with van der Waals surface area (Å²) in [4.78, 5) is 22.5. The highest BCUT2D eigenvalue weighted by molar-refractivity contribution is 7.18. The van der Waals surface area contributed by atoms with Crippen LogP contribution < -0.4 is 5.32 Å². The number of anilines is 1. The van der Waals surface area contributed by atoms with Crippen LogP contribution in [0, 0.1) is 5.41 Å². The Morgan fingerprint density at radius 2 is 1.97 bits per heavy atom. The average molecular weight is 467 g/mol. The number of nitrogens with one attached hydrogen (secondary N) is 1. The van der Waals surface area contributed by atoms with Crippen LogP contribution in [0.3, 0.4) is 0 Å². The number of likely N-dealkylation sites (tertiary alicyclic amines) is 1. The Balaban J connectivity index is 1.38. The zero-order valence-electron chi connectivity index (χ0n) is 19.6. The second-order valence-corrected chi connectivity index (χ2v) is 11.5. The van der Waals surface area contributed by atoms with Crippen LogP contribution in [0.15, 0.2) is 24.4 Å². The highest BCUT2D eigenvalue weighted by Gasteiger charge is 2.27. The second kappa shape index (κ2) is 9.60. The van der Waals surface area contributed by atoms with Crippen molar-refractivity contribution >= 4 is 27.6 Å². The number of pyridine rings is 1. The van der Waals surface area contributed by atoms with Gasteiger partial charge in [0.05, 0.1) is 17.5 Å². The van der Waals surface area contributed by atoms with Crippen molar-refractivity contribution in [2.75, 3.05) is 18.4 Å². The molecular formula is C25H34N6OS. The maximum absolute atomic E-state index is 9.85. The maximum Gasteiger partial charge on any atom is 0.223 e. The van der Waals surface area contributed by atoms with E-state index < -0.39 is 0 Å². The molecule has 0 atom stereocenters. The van der Waals surface area contributed by atoms with E-state index in [-0.39, 0.29) is 6.10 Å². The predicted octanol–water partition coefficient (Wildman–Crippen LogP) is 4.41. The fourth-order valence-electron chi connectivity index (χ4n) is 5.15. The Labute approximate surface area is 199 Å². The Morgan fingerprint density at radius 3 is 2.76 bits per heavy atom. The molecule has 2 N–H and O–H groups in total. The third kappa shape index (κ3) is 5.86. The molecule has 0 amide bonds. The van der Waals surface area contributed by atoms with Gasteiger partial charge in [-0.1, -0.05) is 25.2 Å². The minimum Gasteiger partial charge on any atom is -0.393 e. The van der Waals surface area contributed by atoms with Crippen molar-refractivity contribution in [2.45, 2.75) is 77.5 Å². The largest absolute Gasteiger partial charge is 0.393 e. The van der Waals surface area contributed by atoms with E-state index >= 15 is 0 Å². The van der Waals surface area contributed by atoms with Crippen LogP contribution in [-0.4, -0.2) is 55.2 Å². The second-order valence-electron chi connectivity index (χ2n) is 10.4. The first-order chi connectivity index (χ1) is 15.9. The van der Waals surface area contributed by atoms with E-state index in [1.165, 1.54) is 12.8 Å². The van der Waals surface area contributed by atoms with Crippen molar-refractivity contribution in [2.24, 2.45) is 5.41 Å². The lowest BCUT2D eigenvalue weighted by Gasteiger charge is -2.37. The van der Waals surface area contributed by atoms with E-state index in [0.717, 1.165) is 72.1 Å². The van der Waals surface area contributed by atoms with Gasteiger partial charge in [0.1, 0.15) is 15.4 Å². The van der Waals surface area contributed by atoms with Gasteiger partial charge in [-0.3, -0.25) is 4.90 Å². The number of aliphatic hydroxyl groups is 1. The first-order valence-electron chi connectivity index (χ1n) is 12.2. The quantitative estimate of drug-likeness (QED) is 0.556. The van der Waals surface area contributed by atoms with E-state index in [4.69, 9.17) is 15.0 Å². The molecule has 3 aromatic rings. The van der Waals surface area contributed by atoms with E-state index in [1.807, 2.05) is 18.3 Å².